The molecule has 0 saturated carbocycles. The van der Waals surface area contributed by atoms with Crippen LogP contribution in [-0.2, 0) is 0 Å². The summed E-state index contributed by atoms with van der Waals surface area (Å²) in [5.74, 6) is 0.948. The molecule has 2 aromatic rings. The van der Waals surface area contributed by atoms with Crippen LogP contribution in [0.5, 0.6) is 5.75 Å². The highest BCUT2D eigenvalue weighted by Gasteiger charge is 2.25. The lowest BCUT2D eigenvalue weighted by Gasteiger charge is -2.36. The van der Waals surface area contributed by atoms with E-state index in [4.69, 9.17) is 4.74 Å². The van der Waals surface area contributed by atoms with Crippen LogP contribution >= 0.6 is 11.3 Å². The standard InChI is InChI=1S/C21H29N5O2S/c1-3-23-8-10-25(11-9-23)20(27)19-16-29-21(22-19)26-14-12-24(13-15-26)17-4-6-18(28-2)7-5-17/h4-7,16H,3,8-15H2,1-2H3. The van der Waals surface area contributed by atoms with Crippen LogP contribution in [0.3, 0.4) is 0 Å². The number of piperazine rings is 2. The molecule has 0 N–H and O–H groups in total. The Hall–Kier alpha value is -2.32. The van der Waals surface area contributed by atoms with Crippen molar-refractivity contribution >= 4 is 28.1 Å². The average molecular weight is 416 g/mol. The Bertz CT molecular complexity index is 809. The number of thiazole rings is 1. The molecule has 0 spiro atoms. The number of ether oxygens (including phenoxy) is 1. The van der Waals surface area contributed by atoms with Crippen LogP contribution in [0.2, 0.25) is 0 Å². The predicted molar refractivity (Wildman–Crippen MR) is 118 cm³/mol. The summed E-state index contributed by atoms with van der Waals surface area (Å²) >= 11 is 1.58. The zero-order chi connectivity index (χ0) is 20.2. The lowest BCUT2D eigenvalue weighted by molar-refractivity contribution is 0.0638. The minimum atomic E-state index is 0.0696. The van der Waals surface area contributed by atoms with Crippen molar-refractivity contribution in [2.24, 2.45) is 0 Å². The van der Waals surface area contributed by atoms with Gasteiger partial charge in [0.05, 0.1) is 7.11 Å². The fourth-order valence-electron chi connectivity index (χ4n) is 3.89. The number of aromatic nitrogens is 1. The molecule has 8 heteroatoms. The molecule has 2 fully saturated rings. The molecular formula is C21H29N5O2S. The summed E-state index contributed by atoms with van der Waals surface area (Å²) in [5, 5.41) is 2.87. The molecule has 2 aliphatic heterocycles. The molecule has 2 aliphatic rings. The van der Waals surface area contributed by atoms with E-state index in [1.165, 1.54) is 5.69 Å². The fourth-order valence-corrected chi connectivity index (χ4v) is 4.74. The normalized spacial score (nSPS) is 18.2. The fraction of sp³-hybridized carbons (Fsp3) is 0.524. The number of amides is 1. The van der Waals surface area contributed by atoms with Gasteiger partial charge in [0.2, 0.25) is 0 Å². The lowest BCUT2D eigenvalue weighted by atomic mass is 10.2. The summed E-state index contributed by atoms with van der Waals surface area (Å²) in [6.45, 7) is 10.4. The molecule has 0 unspecified atom stereocenters. The van der Waals surface area contributed by atoms with E-state index in [9.17, 15) is 4.79 Å². The first-order chi connectivity index (χ1) is 14.2. The first-order valence-electron chi connectivity index (χ1n) is 10.3. The van der Waals surface area contributed by atoms with Crippen molar-refractivity contribution < 1.29 is 9.53 Å². The van der Waals surface area contributed by atoms with Gasteiger partial charge < -0.3 is 24.3 Å². The Morgan fingerprint density at radius 3 is 2.28 bits per heavy atom. The van der Waals surface area contributed by atoms with Gasteiger partial charge in [0.15, 0.2) is 5.13 Å². The van der Waals surface area contributed by atoms with E-state index >= 15 is 0 Å². The maximum absolute atomic E-state index is 12.8. The van der Waals surface area contributed by atoms with E-state index < -0.39 is 0 Å². The molecule has 7 nitrogen and oxygen atoms in total. The smallest absolute Gasteiger partial charge is 0.273 e. The van der Waals surface area contributed by atoms with Gasteiger partial charge in [-0.2, -0.15) is 0 Å². The van der Waals surface area contributed by atoms with Crippen LogP contribution in [0.4, 0.5) is 10.8 Å². The van der Waals surface area contributed by atoms with Crippen LogP contribution in [0.1, 0.15) is 17.4 Å². The van der Waals surface area contributed by atoms with Crippen LogP contribution in [0, 0.1) is 0 Å². The molecule has 156 valence electrons. The lowest BCUT2D eigenvalue weighted by Crippen LogP contribution is -2.48. The van der Waals surface area contributed by atoms with Crippen LogP contribution < -0.4 is 14.5 Å². The topological polar surface area (TPSA) is 52.2 Å². The monoisotopic (exact) mass is 415 g/mol. The predicted octanol–water partition coefficient (Wildman–Crippen LogP) is 2.26. The van der Waals surface area contributed by atoms with Gasteiger partial charge in [0, 0.05) is 63.4 Å². The van der Waals surface area contributed by atoms with Gasteiger partial charge in [-0.05, 0) is 30.8 Å². The first-order valence-corrected chi connectivity index (χ1v) is 11.2. The summed E-state index contributed by atoms with van der Waals surface area (Å²) < 4.78 is 5.24. The molecule has 1 aromatic carbocycles. The van der Waals surface area contributed by atoms with Gasteiger partial charge in [0.25, 0.3) is 5.91 Å². The Labute approximate surface area is 176 Å². The molecule has 4 rings (SSSR count). The van der Waals surface area contributed by atoms with E-state index in [1.807, 2.05) is 22.4 Å². The van der Waals surface area contributed by atoms with Crippen molar-refractivity contribution in [3.63, 3.8) is 0 Å². The SMILES string of the molecule is CCN1CCN(C(=O)c2csc(N3CCN(c4ccc(OC)cc4)CC3)n2)CC1. The quantitative estimate of drug-likeness (QED) is 0.747. The molecule has 0 radical (unpaired) electrons. The van der Waals surface area contributed by atoms with E-state index in [0.29, 0.717) is 5.69 Å². The molecule has 1 amide bonds. The zero-order valence-electron chi connectivity index (χ0n) is 17.2. The molecule has 1 aromatic heterocycles. The number of methoxy groups -OCH3 is 1. The number of benzene rings is 1. The van der Waals surface area contributed by atoms with E-state index in [0.717, 1.165) is 69.8 Å². The van der Waals surface area contributed by atoms with Crippen LogP contribution in [0.25, 0.3) is 0 Å². The van der Waals surface area contributed by atoms with Gasteiger partial charge in [-0.25, -0.2) is 4.98 Å². The molecule has 0 aliphatic carbocycles. The van der Waals surface area contributed by atoms with Crippen molar-refractivity contribution in [3.05, 3.63) is 35.3 Å². The van der Waals surface area contributed by atoms with Gasteiger partial charge in [0.1, 0.15) is 11.4 Å². The summed E-state index contributed by atoms with van der Waals surface area (Å²) in [6, 6.07) is 8.21. The Morgan fingerprint density at radius 2 is 1.66 bits per heavy atom. The summed E-state index contributed by atoms with van der Waals surface area (Å²) in [6.07, 6.45) is 0. The van der Waals surface area contributed by atoms with E-state index in [-0.39, 0.29) is 5.91 Å². The highest BCUT2D eigenvalue weighted by atomic mass is 32.1. The zero-order valence-corrected chi connectivity index (χ0v) is 18.0. The van der Waals surface area contributed by atoms with Crippen LogP contribution in [0.15, 0.2) is 29.6 Å². The number of hydrogen-bond acceptors (Lipinski definition) is 7. The number of hydrogen-bond donors (Lipinski definition) is 0. The number of carbonyl (C=O) groups is 1. The number of anilines is 2. The second-order valence-corrected chi connectivity index (χ2v) is 8.25. The first kappa shape index (κ1) is 20.0. The van der Waals surface area contributed by atoms with Crippen molar-refractivity contribution in [1.29, 1.82) is 0 Å². The summed E-state index contributed by atoms with van der Waals surface area (Å²) in [4.78, 5) is 26.4. The van der Waals surface area contributed by atoms with Crippen molar-refractivity contribution in [2.75, 3.05) is 75.8 Å². The van der Waals surface area contributed by atoms with E-state index in [1.54, 1.807) is 18.4 Å². The van der Waals surface area contributed by atoms with Gasteiger partial charge in [-0.1, -0.05) is 6.92 Å². The number of carbonyl (C=O) groups excluding carboxylic acids is 1. The van der Waals surface area contributed by atoms with Crippen molar-refractivity contribution in [1.82, 2.24) is 14.8 Å². The van der Waals surface area contributed by atoms with E-state index in [2.05, 4.69) is 38.7 Å². The minimum Gasteiger partial charge on any atom is -0.497 e. The second kappa shape index (κ2) is 9.00. The van der Waals surface area contributed by atoms with Crippen LogP contribution in [-0.4, -0.2) is 86.7 Å². The Morgan fingerprint density at radius 1 is 1.00 bits per heavy atom. The minimum absolute atomic E-state index is 0.0696. The van der Waals surface area contributed by atoms with Gasteiger partial charge in [-0.3, -0.25) is 4.79 Å². The highest BCUT2D eigenvalue weighted by molar-refractivity contribution is 7.13. The third-order valence-corrected chi connectivity index (χ3v) is 6.71. The Balaban J connectivity index is 1.32. The highest BCUT2D eigenvalue weighted by Crippen LogP contribution is 2.25. The summed E-state index contributed by atoms with van der Waals surface area (Å²) in [5.41, 5.74) is 1.80. The third-order valence-electron chi connectivity index (χ3n) is 5.81. The molecule has 29 heavy (non-hydrogen) atoms. The number of nitrogens with zero attached hydrogens (tertiary/aromatic N) is 5. The maximum atomic E-state index is 12.8. The second-order valence-electron chi connectivity index (χ2n) is 7.41. The summed E-state index contributed by atoms with van der Waals surface area (Å²) in [7, 11) is 1.69. The molecule has 2 saturated heterocycles. The maximum Gasteiger partial charge on any atom is 0.273 e. The molecule has 0 bridgehead atoms. The number of rotatable bonds is 5. The molecular weight excluding hydrogens is 386 g/mol. The molecule has 3 heterocycles. The van der Waals surface area contributed by atoms with Crippen molar-refractivity contribution in [2.45, 2.75) is 6.92 Å². The molecule has 0 atom stereocenters. The average Bonchev–Trinajstić information content (AvgIpc) is 3.29. The Kier molecular flexibility index (Phi) is 6.20. The third kappa shape index (κ3) is 4.48. The van der Waals surface area contributed by atoms with Gasteiger partial charge in [-0.15, -0.1) is 11.3 Å². The largest absolute Gasteiger partial charge is 0.497 e. The number of likely N-dealkylation sites (N-methyl/N-ethyl adjacent to an activating group) is 1. The van der Waals surface area contributed by atoms with Gasteiger partial charge >= 0.3 is 0 Å². The van der Waals surface area contributed by atoms with Crippen molar-refractivity contribution in [3.8, 4) is 5.75 Å².